The lowest BCUT2D eigenvalue weighted by atomic mass is 9.96. The summed E-state index contributed by atoms with van der Waals surface area (Å²) in [5.74, 6) is -0.557. The first-order valence-electron chi connectivity index (χ1n) is 7.42. The second-order valence-corrected chi connectivity index (χ2v) is 5.99. The first-order chi connectivity index (χ1) is 10.7. The molecule has 0 aromatic heterocycles. The van der Waals surface area contributed by atoms with E-state index < -0.39 is 11.4 Å². The minimum absolute atomic E-state index is 0.196. The molecule has 6 heteroatoms. The number of hydrogen-bond donors (Lipinski definition) is 3. The predicted octanol–water partition coefficient (Wildman–Crippen LogP) is 1.47. The number of rotatable bonds is 6. The van der Waals surface area contributed by atoms with Gasteiger partial charge < -0.3 is 4.74 Å². The Balaban J connectivity index is 2.98. The highest BCUT2D eigenvalue weighted by Crippen LogP contribution is 2.12. The summed E-state index contributed by atoms with van der Waals surface area (Å²) in [6.45, 7) is 7.24. The van der Waals surface area contributed by atoms with Crippen molar-refractivity contribution in [1.29, 1.82) is 5.41 Å². The normalized spacial score (nSPS) is 11.7. The number of nitrogens with two attached hydrogens (primary N) is 1. The first-order valence-corrected chi connectivity index (χ1v) is 7.42. The topological polar surface area (TPSA) is 95.9 Å². The van der Waals surface area contributed by atoms with Crippen molar-refractivity contribution in [3.05, 3.63) is 42.2 Å². The highest BCUT2D eigenvalue weighted by Gasteiger charge is 2.24. The molecule has 23 heavy (non-hydrogen) atoms. The Hall–Kier alpha value is -2.47. The van der Waals surface area contributed by atoms with E-state index in [1.165, 1.54) is 6.08 Å². The van der Waals surface area contributed by atoms with Crippen LogP contribution in [0.2, 0.25) is 0 Å². The van der Waals surface area contributed by atoms with Gasteiger partial charge in [0.2, 0.25) is 11.7 Å². The van der Waals surface area contributed by atoms with Crippen molar-refractivity contribution in [3.8, 4) is 0 Å². The lowest BCUT2D eigenvalue weighted by Gasteiger charge is -2.18. The smallest absolute Gasteiger partial charge is 0.356 e. The van der Waals surface area contributed by atoms with Gasteiger partial charge in [-0.2, -0.15) is 0 Å². The van der Waals surface area contributed by atoms with Gasteiger partial charge in [0.1, 0.15) is 11.4 Å². The third kappa shape index (κ3) is 6.44. The SMILES string of the molecule is CCOC(=O)C(=N)C=C(NC(=O)C(C)(C)C)[NH2+]c1ccccc1. The third-order valence-electron chi connectivity index (χ3n) is 2.86. The van der Waals surface area contributed by atoms with E-state index in [1.54, 1.807) is 33.0 Å². The van der Waals surface area contributed by atoms with Gasteiger partial charge in [0.25, 0.3) is 0 Å². The molecule has 4 N–H and O–H groups in total. The molecular formula is C17H24N3O3+. The fraction of sp³-hybridized carbons (Fsp3) is 0.353. The van der Waals surface area contributed by atoms with E-state index in [0.29, 0.717) is 5.82 Å². The zero-order chi connectivity index (χ0) is 17.5. The van der Waals surface area contributed by atoms with Crippen LogP contribution in [0.1, 0.15) is 27.7 Å². The van der Waals surface area contributed by atoms with Crippen LogP contribution < -0.4 is 10.6 Å². The van der Waals surface area contributed by atoms with Gasteiger partial charge in [-0.05, 0) is 19.1 Å². The number of benzene rings is 1. The molecule has 124 valence electrons. The van der Waals surface area contributed by atoms with Crippen LogP contribution in [0.25, 0.3) is 0 Å². The zero-order valence-electron chi connectivity index (χ0n) is 14.0. The van der Waals surface area contributed by atoms with Gasteiger partial charge in [0.05, 0.1) is 12.7 Å². The standard InChI is InChI=1S/C17H23N3O3/c1-5-23-15(21)13(18)11-14(20-16(22)17(2,3)4)19-12-9-7-6-8-10-12/h6-11,18-19H,5H2,1-4H3,(H,20,22)/p+1. The number of carbonyl (C=O) groups is 2. The largest absolute Gasteiger partial charge is 0.461 e. The second kappa shape index (κ2) is 8.24. The molecule has 0 saturated carbocycles. The predicted molar refractivity (Wildman–Crippen MR) is 88.1 cm³/mol. The van der Waals surface area contributed by atoms with Crippen LogP contribution in [0.4, 0.5) is 5.69 Å². The van der Waals surface area contributed by atoms with Gasteiger partial charge in [0.15, 0.2) is 0 Å². The Kier molecular flexibility index (Phi) is 6.65. The number of carbonyl (C=O) groups excluding carboxylic acids is 2. The number of quaternary nitrogens is 1. The van der Waals surface area contributed by atoms with Crippen LogP contribution in [0.3, 0.4) is 0 Å². The summed E-state index contributed by atoms with van der Waals surface area (Å²) in [5.41, 5.74) is -0.0525. The van der Waals surface area contributed by atoms with Crippen LogP contribution in [-0.2, 0) is 14.3 Å². The van der Waals surface area contributed by atoms with Crippen molar-refractivity contribution in [2.24, 2.45) is 5.41 Å². The van der Waals surface area contributed by atoms with Gasteiger partial charge in [-0.25, -0.2) is 4.79 Å². The number of nitrogens with one attached hydrogen (secondary N) is 2. The van der Waals surface area contributed by atoms with E-state index in [4.69, 9.17) is 10.1 Å². The van der Waals surface area contributed by atoms with Gasteiger partial charge in [-0.3, -0.25) is 20.8 Å². The van der Waals surface area contributed by atoms with Crippen LogP contribution in [-0.4, -0.2) is 24.2 Å². The Morgan fingerprint density at radius 3 is 2.39 bits per heavy atom. The van der Waals surface area contributed by atoms with Crippen molar-refractivity contribution in [1.82, 2.24) is 5.32 Å². The number of ether oxygens (including phenoxy) is 1. The molecule has 0 saturated heterocycles. The van der Waals surface area contributed by atoms with Crippen molar-refractivity contribution >= 4 is 23.3 Å². The minimum atomic E-state index is -0.725. The number of esters is 1. The molecule has 0 aliphatic heterocycles. The molecule has 0 unspecified atom stereocenters. The molecule has 0 aliphatic rings. The Morgan fingerprint density at radius 1 is 1.26 bits per heavy atom. The number of hydrogen-bond acceptors (Lipinski definition) is 4. The monoisotopic (exact) mass is 318 g/mol. The summed E-state index contributed by atoms with van der Waals surface area (Å²) in [5, 5.41) is 12.2. The maximum Gasteiger partial charge on any atom is 0.356 e. The highest BCUT2D eigenvalue weighted by atomic mass is 16.5. The van der Waals surface area contributed by atoms with Crippen LogP contribution in [0, 0.1) is 10.8 Å². The Bertz CT molecular complexity index is 601. The van der Waals surface area contributed by atoms with Gasteiger partial charge in [0, 0.05) is 5.41 Å². The van der Waals surface area contributed by atoms with Crippen molar-refractivity contribution < 1.29 is 19.6 Å². The van der Waals surface area contributed by atoms with Gasteiger partial charge >= 0.3 is 5.97 Å². The summed E-state index contributed by atoms with van der Waals surface area (Å²) in [6, 6.07) is 9.35. The van der Waals surface area contributed by atoms with E-state index in [1.807, 2.05) is 30.3 Å². The molecule has 0 atom stereocenters. The number of amides is 1. The fourth-order valence-corrected chi connectivity index (χ4v) is 1.58. The Labute approximate surface area is 136 Å². The molecule has 1 amide bonds. The van der Waals surface area contributed by atoms with E-state index in [0.717, 1.165) is 5.69 Å². The summed E-state index contributed by atoms with van der Waals surface area (Å²) in [4.78, 5) is 23.8. The van der Waals surface area contributed by atoms with Crippen molar-refractivity contribution in [2.75, 3.05) is 6.61 Å². The average molecular weight is 318 g/mol. The average Bonchev–Trinajstić information content (AvgIpc) is 2.47. The van der Waals surface area contributed by atoms with Crippen LogP contribution in [0.15, 0.2) is 42.2 Å². The molecular weight excluding hydrogens is 294 g/mol. The molecule has 0 fully saturated rings. The maximum atomic E-state index is 12.2. The maximum absolute atomic E-state index is 12.2. The van der Waals surface area contributed by atoms with E-state index >= 15 is 0 Å². The first kappa shape index (κ1) is 18.6. The summed E-state index contributed by atoms with van der Waals surface area (Å²) in [7, 11) is 0. The number of para-hydroxylation sites is 1. The molecule has 1 aromatic carbocycles. The fourth-order valence-electron chi connectivity index (χ4n) is 1.58. The van der Waals surface area contributed by atoms with Gasteiger partial charge in [-0.1, -0.05) is 39.0 Å². The van der Waals surface area contributed by atoms with E-state index in [9.17, 15) is 9.59 Å². The molecule has 1 rings (SSSR count). The highest BCUT2D eigenvalue weighted by molar-refractivity contribution is 6.39. The summed E-state index contributed by atoms with van der Waals surface area (Å²) >= 11 is 0. The van der Waals surface area contributed by atoms with Gasteiger partial charge in [-0.15, -0.1) is 0 Å². The van der Waals surface area contributed by atoms with Crippen molar-refractivity contribution in [2.45, 2.75) is 27.7 Å². The lowest BCUT2D eigenvalue weighted by Crippen LogP contribution is -2.79. The summed E-state index contributed by atoms with van der Waals surface area (Å²) < 4.78 is 4.79. The van der Waals surface area contributed by atoms with Crippen LogP contribution >= 0.6 is 0 Å². The lowest BCUT2D eigenvalue weighted by molar-refractivity contribution is -0.522. The molecule has 0 heterocycles. The Morgan fingerprint density at radius 2 is 1.87 bits per heavy atom. The molecule has 0 aliphatic carbocycles. The minimum Gasteiger partial charge on any atom is -0.461 e. The molecule has 1 aromatic rings. The molecule has 0 bridgehead atoms. The molecule has 6 nitrogen and oxygen atoms in total. The third-order valence-corrected chi connectivity index (χ3v) is 2.86. The van der Waals surface area contributed by atoms with Crippen LogP contribution in [0.5, 0.6) is 0 Å². The second-order valence-electron chi connectivity index (χ2n) is 5.99. The van der Waals surface area contributed by atoms with E-state index in [2.05, 4.69) is 5.32 Å². The molecule has 0 spiro atoms. The van der Waals surface area contributed by atoms with Crippen molar-refractivity contribution in [3.63, 3.8) is 0 Å². The van der Waals surface area contributed by atoms with E-state index in [-0.39, 0.29) is 18.2 Å². The zero-order valence-corrected chi connectivity index (χ0v) is 14.0. The quantitative estimate of drug-likeness (QED) is 0.421. The summed E-state index contributed by atoms with van der Waals surface area (Å²) in [6.07, 6.45) is 1.30. The molecule has 0 radical (unpaired) electrons.